The van der Waals surface area contributed by atoms with Crippen LogP contribution in [0.2, 0.25) is 0 Å². The fourth-order valence-electron chi connectivity index (χ4n) is 2.08. The Kier molecular flexibility index (Phi) is 4.81. The summed E-state index contributed by atoms with van der Waals surface area (Å²) < 4.78 is 11.0. The molecule has 2 rings (SSSR count). The molecular formula is C17H18N2O2. The van der Waals surface area contributed by atoms with Gasteiger partial charge in [-0.1, -0.05) is 24.3 Å². The van der Waals surface area contributed by atoms with Crippen molar-refractivity contribution >= 4 is 0 Å². The van der Waals surface area contributed by atoms with Crippen LogP contribution in [0.15, 0.2) is 42.5 Å². The first-order valence-electron chi connectivity index (χ1n) is 6.70. The van der Waals surface area contributed by atoms with E-state index >= 15 is 0 Å². The van der Waals surface area contributed by atoms with E-state index in [0.29, 0.717) is 17.9 Å². The lowest BCUT2D eigenvalue weighted by molar-refractivity contribution is 0.301. The van der Waals surface area contributed by atoms with Crippen LogP contribution in [0.25, 0.3) is 0 Å². The van der Waals surface area contributed by atoms with E-state index in [4.69, 9.17) is 20.5 Å². The van der Waals surface area contributed by atoms with Crippen molar-refractivity contribution in [3.05, 3.63) is 59.2 Å². The molecule has 2 aromatic carbocycles. The molecule has 0 spiro atoms. The maximum atomic E-state index is 9.09. The van der Waals surface area contributed by atoms with Gasteiger partial charge < -0.3 is 15.2 Å². The molecule has 0 heterocycles. The average molecular weight is 282 g/mol. The van der Waals surface area contributed by atoms with Crippen LogP contribution >= 0.6 is 0 Å². The molecule has 0 fully saturated rings. The molecule has 4 heteroatoms. The van der Waals surface area contributed by atoms with E-state index in [2.05, 4.69) is 6.07 Å². The number of hydrogen-bond donors (Lipinski definition) is 1. The molecule has 0 saturated carbocycles. The van der Waals surface area contributed by atoms with Gasteiger partial charge in [0.2, 0.25) is 0 Å². The first kappa shape index (κ1) is 14.9. The van der Waals surface area contributed by atoms with Crippen molar-refractivity contribution in [1.29, 1.82) is 5.26 Å². The number of nitriles is 1. The predicted octanol–water partition coefficient (Wildman–Crippen LogP) is 3.17. The van der Waals surface area contributed by atoms with Gasteiger partial charge >= 0.3 is 0 Å². The van der Waals surface area contributed by atoms with Crippen molar-refractivity contribution in [1.82, 2.24) is 0 Å². The second-order valence-electron chi connectivity index (χ2n) is 4.76. The zero-order valence-electron chi connectivity index (χ0n) is 12.2. The number of nitrogens with zero attached hydrogens (tertiary/aromatic N) is 1. The maximum absolute atomic E-state index is 9.09. The van der Waals surface area contributed by atoms with E-state index in [1.54, 1.807) is 19.2 Å². The third-order valence-corrected chi connectivity index (χ3v) is 3.19. The fourth-order valence-corrected chi connectivity index (χ4v) is 2.08. The van der Waals surface area contributed by atoms with Gasteiger partial charge in [-0.2, -0.15) is 5.26 Å². The van der Waals surface area contributed by atoms with Crippen LogP contribution in [0.5, 0.6) is 11.5 Å². The molecule has 1 atom stereocenters. The number of nitrogens with two attached hydrogens (primary N) is 1. The summed E-state index contributed by atoms with van der Waals surface area (Å²) in [5, 5.41) is 9.09. The molecule has 0 aromatic heterocycles. The van der Waals surface area contributed by atoms with Gasteiger partial charge in [0.15, 0.2) is 0 Å². The molecular weight excluding hydrogens is 264 g/mol. The van der Waals surface area contributed by atoms with Crippen LogP contribution < -0.4 is 15.2 Å². The van der Waals surface area contributed by atoms with Gasteiger partial charge in [-0.3, -0.25) is 0 Å². The van der Waals surface area contributed by atoms with E-state index in [9.17, 15) is 0 Å². The highest BCUT2D eigenvalue weighted by atomic mass is 16.5. The largest absolute Gasteiger partial charge is 0.495 e. The SMILES string of the molecule is COc1ccc(COc2ccccc2[C@H](C)N)cc1C#N. The molecule has 0 bridgehead atoms. The molecule has 2 N–H and O–H groups in total. The van der Waals surface area contributed by atoms with Gasteiger partial charge in [-0.05, 0) is 30.7 Å². The summed E-state index contributed by atoms with van der Waals surface area (Å²) in [6, 6.07) is 15.1. The number of ether oxygens (including phenoxy) is 2. The summed E-state index contributed by atoms with van der Waals surface area (Å²) in [4.78, 5) is 0. The number of benzene rings is 2. The first-order valence-corrected chi connectivity index (χ1v) is 6.70. The molecule has 21 heavy (non-hydrogen) atoms. The monoisotopic (exact) mass is 282 g/mol. The fraction of sp³-hybridized carbons (Fsp3) is 0.235. The quantitative estimate of drug-likeness (QED) is 0.914. The minimum absolute atomic E-state index is 0.0910. The van der Waals surface area contributed by atoms with Crippen molar-refractivity contribution in [3.8, 4) is 17.6 Å². The standard InChI is InChI=1S/C17H18N2O2/c1-12(19)15-5-3-4-6-17(15)21-11-13-7-8-16(20-2)14(9-13)10-18/h3-9,12H,11,19H2,1-2H3/t12-/m0/s1. The Hall–Kier alpha value is -2.51. The molecule has 0 radical (unpaired) electrons. The average Bonchev–Trinajstić information content (AvgIpc) is 2.52. The minimum Gasteiger partial charge on any atom is -0.495 e. The van der Waals surface area contributed by atoms with Crippen LogP contribution in [-0.2, 0) is 6.61 Å². The second-order valence-corrected chi connectivity index (χ2v) is 4.76. The van der Waals surface area contributed by atoms with Gasteiger partial charge in [0, 0.05) is 11.6 Å². The molecule has 0 aliphatic heterocycles. The maximum Gasteiger partial charge on any atom is 0.136 e. The summed E-state index contributed by atoms with van der Waals surface area (Å²) in [7, 11) is 1.55. The van der Waals surface area contributed by atoms with Crippen molar-refractivity contribution < 1.29 is 9.47 Å². The van der Waals surface area contributed by atoms with Crippen molar-refractivity contribution in [3.63, 3.8) is 0 Å². The summed E-state index contributed by atoms with van der Waals surface area (Å²) in [5.41, 5.74) is 8.30. The third-order valence-electron chi connectivity index (χ3n) is 3.19. The molecule has 2 aromatic rings. The van der Waals surface area contributed by atoms with E-state index in [1.807, 2.05) is 37.3 Å². The number of rotatable bonds is 5. The molecule has 0 aliphatic rings. The summed E-state index contributed by atoms with van der Waals surface area (Å²) in [5.74, 6) is 1.33. The Morgan fingerprint density at radius 2 is 1.95 bits per heavy atom. The van der Waals surface area contributed by atoms with Crippen LogP contribution in [0.1, 0.15) is 29.7 Å². The number of methoxy groups -OCH3 is 1. The van der Waals surface area contributed by atoms with Crippen LogP contribution in [0.4, 0.5) is 0 Å². The molecule has 0 saturated heterocycles. The highest BCUT2D eigenvalue weighted by Crippen LogP contribution is 2.25. The second kappa shape index (κ2) is 6.78. The van der Waals surface area contributed by atoms with Crippen molar-refractivity contribution in [2.45, 2.75) is 19.6 Å². The van der Waals surface area contributed by atoms with E-state index in [0.717, 1.165) is 16.9 Å². The van der Waals surface area contributed by atoms with Gasteiger partial charge in [-0.15, -0.1) is 0 Å². The van der Waals surface area contributed by atoms with Crippen LogP contribution in [0, 0.1) is 11.3 Å². The topological polar surface area (TPSA) is 68.3 Å². The molecule has 4 nitrogen and oxygen atoms in total. The van der Waals surface area contributed by atoms with Gasteiger partial charge in [0.25, 0.3) is 0 Å². The Labute approximate surface area is 124 Å². The molecule has 0 amide bonds. The zero-order chi connectivity index (χ0) is 15.2. The van der Waals surface area contributed by atoms with E-state index in [1.165, 1.54) is 0 Å². The van der Waals surface area contributed by atoms with E-state index in [-0.39, 0.29) is 6.04 Å². The summed E-state index contributed by atoms with van der Waals surface area (Å²) in [6.45, 7) is 2.30. The molecule has 0 aliphatic carbocycles. The molecule has 0 unspecified atom stereocenters. The smallest absolute Gasteiger partial charge is 0.136 e. The van der Waals surface area contributed by atoms with E-state index < -0.39 is 0 Å². The van der Waals surface area contributed by atoms with Crippen LogP contribution in [0.3, 0.4) is 0 Å². The highest BCUT2D eigenvalue weighted by molar-refractivity contribution is 5.45. The lowest BCUT2D eigenvalue weighted by atomic mass is 10.1. The van der Waals surface area contributed by atoms with Crippen LogP contribution in [-0.4, -0.2) is 7.11 Å². The minimum atomic E-state index is -0.0910. The first-order chi connectivity index (χ1) is 10.2. The zero-order valence-corrected chi connectivity index (χ0v) is 12.2. The molecule has 108 valence electrons. The van der Waals surface area contributed by atoms with Crippen molar-refractivity contribution in [2.24, 2.45) is 5.73 Å². The lowest BCUT2D eigenvalue weighted by Crippen LogP contribution is -2.08. The highest BCUT2D eigenvalue weighted by Gasteiger charge is 2.08. The predicted molar refractivity (Wildman–Crippen MR) is 81.1 cm³/mol. The number of para-hydroxylation sites is 1. The Bertz CT molecular complexity index is 660. The van der Waals surface area contributed by atoms with Gasteiger partial charge in [0.1, 0.15) is 24.2 Å². The Morgan fingerprint density at radius 1 is 1.19 bits per heavy atom. The van der Waals surface area contributed by atoms with Crippen molar-refractivity contribution in [2.75, 3.05) is 7.11 Å². The Balaban J connectivity index is 2.16. The normalized spacial score (nSPS) is 11.5. The Morgan fingerprint density at radius 3 is 2.62 bits per heavy atom. The van der Waals surface area contributed by atoms with Gasteiger partial charge in [-0.25, -0.2) is 0 Å². The summed E-state index contributed by atoms with van der Waals surface area (Å²) in [6.07, 6.45) is 0. The lowest BCUT2D eigenvalue weighted by Gasteiger charge is -2.14. The van der Waals surface area contributed by atoms with Gasteiger partial charge in [0.05, 0.1) is 12.7 Å². The number of hydrogen-bond acceptors (Lipinski definition) is 4. The summed E-state index contributed by atoms with van der Waals surface area (Å²) >= 11 is 0. The third kappa shape index (κ3) is 3.53.